The normalized spacial score (nSPS) is 11.4. The van der Waals surface area contributed by atoms with Crippen molar-refractivity contribution < 1.29 is 14.3 Å². The Bertz CT molecular complexity index is 1280. The molecule has 4 aromatic rings. The summed E-state index contributed by atoms with van der Waals surface area (Å²) < 4.78 is 10.9. The van der Waals surface area contributed by atoms with E-state index in [-0.39, 0.29) is 6.54 Å². The Morgan fingerprint density at radius 3 is 2.22 bits per heavy atom. The molecule has 1 heterocycles. The Balaban J connectivity index is 1.56. The maximum absolute atomic E-state index is 12.5. The van der Waals surface area contributed by atoms with Gasteiger partial charge in [-0.05, 0) is 35.4 Å². The molecule has 3 aromatic carbocycles. The van der Waals surface area contributed by atoms with Crippen molar-refractivity contribution in [2.24, 2.45) is 5.18 Å². The SMILES string of the molecule is COC(=O)C(Cc1ccccc1)Nc1ncnc(-c2ccc(OCc3ccccc3)cc2)c1CN=O. The molecule has 0 radical (unpaired) electrons. The van der Waals surface area contributed by atoms with E-state index in [1.165, 1.54) is 13.4 Å². The lowest BCUT2D eigenvalue weighted by Crippen LogP contribution is -2.33. The van der Waals surface area contributed by atoms with Gasteiger partial charge in [-0.1, -0.05) is 65.8 Å². The second-order valence-corrected chi connectivity index (χ2v) is 8.05. The first-order chi connectivity index (χ1) is 17.7. The Kier molecular flexibility index (Phi) is 8.32. The molecular formula is C28H26N4O4. The van der Waals surface area contributed by atoms with Gasteiger partial charge in [0.25, 0.3) is 0 Å². The van der Waals surface area contributed by atoms with E-state index in [9.17, 15) is 9.70 Å². The summed E-state index contributed by atoms with van der Waals surface area (Å²) in [4.78, 5) is 32.5. The van der Waals surface area contributed by atoms with Crippen LogP contribution in [-0.2, 0) is 29.1 Å². The van der Waals surface area contributed by atoms with Crippen molar-refractivity contribution in [2.75, 3.05) is 12.4 Å². The van der Waals surface area contributed by atoms with Gasteiger partial charge >= 0.3 is 5.97 Å². The fourth-order valence-corrected chi connectivity index (χ4v) is 3.80. The van der Waals surface area contributed by atoms with Gasteiger partial charge in [-0.15, -0.1) is 0 Å². The fraction of sp³-hybridized carbons (Fsp3) is 0.179. The molecule has 1 N–H and O–H groups in total. The number of rotatable bonds is 11. The minimum absolute atomic E-state index is 0.163. The molecule has 0 amide bonds. The van der Waals surface area contributed by atoms with Crippen LogP contribution in [-0.4, -0.2) is 29.1 Å². The highest BCUT2D eigenvalue weighted by Crippen LogP contribution is 2.29. The number of carbonyl (C=O) groups is 1. The van der Waals surface area contributed by atoms with Gasteiger partial charge in [-0.2, -0.15) is 4.91 Å². The largest absolute Gasteiger partial charge is 0.489 e. The minimum atomic E-state index is -0.709. The number of ether oxygens (including phenoxy) is 2. The van der Waals surface area contributed by atoms with Gasteiger partial charge in [-0.3, -0.25) is 0 Å². The van der Waals surface area contributed by atoms with Crippen molar-refractivity contribution in [3.05, 3.63) is 113 Å². The van der Waals surface area contributed by atoms with Crippen LogP contribution in [0.25, 0.3) is 11.3 Å². The lowest BCUT2D eigenvalue weighted by molar-refractivity contribution is -0.141. The smallest absolute Gasteiger partial charge is 0.328 e. The van der Waals surface area contributed by atoms with E-state index in [0.29, 0.717) is 35.9 Å². The van der Waals surface area contributed by atoms with E-state index in [2.05, 4.69) is 20.5 Å². The van der Waals surface area contributed by atoms with Crippen LogP contribution >= 0.6 is 0 Å². The van der Waals surface area contributed by atoms with E-state index < -0.39 is 12.0 Å². The summed E-state index contributed by atoms with van der Waals surface area (Å²) in [6, 6.07) is 26.2. The van der Waals surface area contributed by atoms with Gasteiger partial charge in [0.2, 0.25) is 0 Å². The predicted molar refractivity (Wildman–Crippen MR) is 137 cm³/mol. The van der Waals surface area contributed by atoms with E-state index in [0.717, 1.165) is 16.7 Å². The van der Waals surface area contributed by atoms with Gasteiger partial charge in [-0.25, -0.2) is 14.8 Å². The van der Waals surface area contributed by atoms with Gasteiger partial charge in [0.1, 0.15) is 37.1 Å². The second-order valence-electron chi connectivity index (χ2n) is 8.05. The second kappa shape index (κ2) is 12.2. The molecule has 8 heteroatoms. The van der Waals surface area contributed by atoms with E-state index in [1.54, 1.807) is 0 Å². The van der Waals surface area contributed by atoms with Crippen LogP contribution in [0.3, 0.4) is 0 Å². The minimum Gasteiger partial charge on any atom is -0.489 e. The van der Waals surface area contributed by atoms with Crippen molar-refractivity contribution in [1.29, 1.82) is 0 Å². The van der Waals surface area contributed by atoms with Crippen LogP contribution in [0, 0.1) is 4.91 Å². The number of nitroso groups, excluding NO2 is 1. The van der Waals surface area contributed by atoms with Crippen molar-refractivity contribution in [3.8, 4) is 17.0 Å². The molecule has 0 saturated carbocycles. The molecule has 4 rings (SSSR count). The molecule has 1 atom stereocenters. The highest BCUT2D eigenvalue weighted by Gasteiger charge is 2.23. The quantitative estimate of drug-likeness (QED) is 0.232. The lowest BCUT2D eigenvalue weighted by atomic mass is 10.0. The Morgan fingerprint density at radius 1 is 0.917 bits per heavy atom. The number of carbonyl (C=O) groups excluding carboxylic acids is 1. The zero-order valence-corrected chi connectivity index (χ0v) is 19.8. The summed E-state index contributed by atoms with van der Waals surface area (Å²) in [5.74, 6) is 0.623. The highest BCUT2D eigenvalue weighted by molar-refractivity contribution is 5.80. The first-order valence-electron chi connectivity index (χ1n) is 11.5. The highest BCUT2D eigenvalue weighted by atomic mass is 16.5. The third-order valence-electron chi connectivity index (χ3n) is 5.62. The van der Waals surface area contributed by atoms with E-state index in [1.807, 2.05) is 84.9 Å². The summed E-state index contributed by atoms with van der Waals surface area (Å²) in [6.45, 7) is 0.294. The lowest BCUT2D eigenvalue weighted by Gasteiger charge is -2.19. The van der Waals surface area contributed by atoms with Gasteiger partial charge < -0.3 is 14.8 Å². The maximum atomic E-state index is 12.5. The number of hydrogen-bond donors (Lipinski definition) is 1. The maximum Gasteiger partial charge on any atom is 0.328 e. The topological polar surface area (TPSA) is 103 Å². The summed E-state index contributed by atoms with van der Waals surface area (Å²) in [5, 5.41) is 6.22. The molecule has 8 nitrogen and oxygen atoms in total. The standard InChI is InChI=1S/C28H26N4O4/c1-35-28(33)25(16-20-8-4-2-5-9-20)32-27-24(17-31-34)26(29-19-30-27)22-12-14-23(15-13-22)36-18-21-10-6-3-7-11-21/h2-15,19,25H,16-18H2,1H3,(H,29,30,32). The van der Waals surface area contributed by atoms with Gasteiger partial charge in [0, 0.05) is 17.5 Å². The first-order valence-corrected chi connectivity index (χ1v) is 11.5. The van der Waals surface area contributed by atoms with Crippen molar-refractivity contribution in [1.82, 2.24) is 9.97 Å². The third-order valence-corrected chi connectivity index (χ3v) is 5.62. The molecule has 0 fully saturated rings. The number of esters is 1. The summed E-state index contributed by atoms with van der Waals surface area (Å²) in [7, 11) is 1.34. The van der Waals surface area contributed by atoms with Crippen LogP contribution < -0.4 is 10.1 Å². The van der Waals surface area contributed by atoms with Crippen molar-refractivity contribution >= 4 is 11.8 Å². The number of nitrogens with zero attached hydrogens (tertiary/aromatic N) is 3. The Morgan fingerprint density at radius 2 is 1.58 bits per heavy atom. The Hall–Kier alpha value is -4.59. The molecule has 0 aliphatic rings. The van der Waals surface area contributed by atoms with Crippen LogP contribution in [0.1, 0.15) is 16.7 Å². The number of anilines is 1. The average molecular weight is 483 g/mol. The molecule has 0 aliphatic carbocycles. The summed E-state index contributed by atoms with van der Waals surface area (Å²) in [6.07, 6.45) is 1.77. The van der Waals surface area contributed by atoms with Crippen molar-refractivity contribution in [2.45, 2.75) is 25.6 Å². The molecule has 1 unspecified atom stereocenters. The average Bonchev–Trinajstić information content (AvgIpc) is 2.93. The molecule has 36 heavy (non-hydrogen) atoms. The van der Waals surface area contributed by atoms with Crippen LogP contribution in [0.5, 0.6) is 5.75 Å². The molecule has 182 valence electrons. The van der Waals surface area contributed by atoms with E-state index in [4.69, 9.17) is 9.47 Å². The number of benzene rings is 3. The number of aromatic nitrogens is 2. The number of nitrogens with one attached hydrogen (secondary N) is 1. The molecule has 1 aromatic heterocycles. The first kappa shape index (κ1) is 24.5. The molecule has 0 bridgehead atoms. The van der Waals surface area contributed by atoms with Crippen LogP contribution in [0.2, 0.25) is 0 Å². The third kappa shape index (κ3) is 6.29. The Labute approximate surface area is 209 Å². The van der Waals surface area contributed by atoms with Crippen LogP contribution in [0.15, 0.2) is 96.4 Å². The molecule has 0 saturated heterocycles. The predicted octanol–water partition coefficient (Wildman–Crippen LogP) is 5.19. The molecule has 0 spiro atoms. The van der Waals surface area contributed by atoms with Gasteiger partial charge in [0.15, 0.2) is 0 Å². The molecular weight excluding hydrogens is 456 g/mol. The number of hydrogen-bond acceptors (Lipinski definition) is 8. The zero-order chi connectivity index (χ0) is 25.2. The fourth-order valence-electron chi connectivity index (χ4n) is 3.80. The molecule has 0 aliphatic heterocycles. The van der Waals surface area contributed by atoms with Gasteiger partial charge in [0.05, 0.1) is 12.8 Å². The number of methoxy groups -OCH3 is 1. The van der Waals surface area contributed by atoms with E-state index >= 15 is 0 Å². The summed E-state index contributed by atoms with van der Waals surface area (Å²) >= 11 is 0. The van der Waals surface area contributed by atoms with Crippen LogP contribution in [0.4, 0.5) is 5.82 Å². The van der Waals surface area contributed by atoms with Crippen molar-refractivity contribution in [3.63, 3.8) is 0 Å². The monoisotopic (exact) mass is 482 g/mol. The summed E-state index contributed by atoms with van der Waals surface area (Å²) in [5.41, 5.74) is 3.83. The zero-order valence-electron chi connectivity index (χ0n) is 19.8.